The van der Waals surface area contributed by atoms with Gasteiger partial charge in [0, 0.05) is 0 Å². The van der Waals surface area contributed by atoms with E-state index in [1.165, 1.54) is 22.9 Å². The lowest BCUT2D eigenvalue weighted by atomic mass is 10.2. The number of allylic oxidation sites excluding steroid dienone is 1. The van der Waals surface area contributed by atoms with E-state index in [9.17, 15) is 4.79 Å². The van der Waals surface area contributed by atoms with Gasteiger partial charge < -0.3 is 4.74 Å². The third kappa shape index (κ3) is 4.15. The normalized spacial score (nSPS) is 18.3. The van der Waals surface area contributed by atoms with Crippen LogP contribution < -0.4 is 0 Å². The van der Waals surface area contributed by atoms with Crippen molar-refractivity contribution in [1.82, 2.24) is 4.90 Å². The number of amides is 1. The maximum Gasteiger partial charge on any atom is 0.242 e. The fourth-order valence-electron chi connectivity index (χ4n) is 2.13. The molecule has 1 unspecified atom stereocenters. The molecule has 5 nitrogen and oxygen atoms in total. The zero-order valence-electron chi connectivity index (χ0n) is 13.1. The molecule has 2 rings (SSSR count). The standard InChI is InChI=1S/C18H17N3O2S/c1-4-7-16-17(22)21(12-13(3)23-5-2)18(24-16)20-15-9-6-8-14(10-15)11-19/h4-6,8-10,16H,1-3,7,12H2. The van der Waals surface area contributed by atoms with Gasteiger partial charge in [0.2, 0.25) is 5.91 Å². The molecule has 1 aromatic carbocycles. The first-order valence-electron chi connectivity index (χ1n) is 7.22. The lowest BCUT2D eigenvalue weighted by molar-refractivity contribution is -0.126. The molecule has 0 saturated carbocycles. The van der Waals surface area contributed by atoms with Crippen LogP contribution in [-0.4, -0.2) is 27.8 Å². The van der Waals surface area contributed by atoms with Gasteiger partial charge in [-0.2, -0.15) is 5.26 Å². The minimum absolute atomic E-state index is 0.0658. The quantitative estimate of drug-likeness (QED) is 0.561. The van der Waals surface area contributed by atoms with Crippen LogP contribution in [0, 0.1) is 11.3 Å². The average Bonchev–Trinajstić information content (AvgIpc) is 2.84. The van der Waals surface area contributed by atoms with Crippen LogP contribution in [0.2, 0.25) is 0 Å². The summed E-state index contributed by atoms with van der Waals surface area (Å²) in [5, 5.41) is 9.28. The van der Waals surface area contributed by atoms with Crippen molar-refractivity contribution >= 4 is 28.5 Å². The Labute approximate surface area is 145 Å². The fourth-order valence-corrected chi connectivity index (χ4v) is 3.28. The Balaban J connectivity index is 2.32. The van der Waals surface area contributed by atoms with E-state index in [2.05, 4.69) is 30.8 Å². The van der Waals surface area contributed by atoms with E-state index >= 15 is 0 Å². The topological polar surface area (TPSA) is 65.7 Å². The van der Waals surface area contributed by atoms with E-state index in [0.29, 0.717) is 28.6 Å². The highest BCUT2D eigenvalue weighted by molar-refractivity contribution is 8.15. The molecular formula is C18H17N3O2S. The van der Waals surface area contributed by atoms with Gasteiger partial charge in [0.1, 0.15) is 5.76 Å². The first-order valence-corrected chi connectivity index (χ1v) is 8.10. The Kier molecular flexibility index (Phi) is 5.99. The maximum atomic E-state index is 12.6. The Morgan fingerprint density at radius 1 is 1.50 bits per heavy atom. The van der Waals surface area contributed by atoms with Crippen LogP contribution in [0.5, 0.6) is 0 Å². The summed E-state index contributed by atoms with van der Waals surface area (Å²) in [5.41, 5.74) is 1.13. The van der Waals surface area contributed by atoms with Crippen molar-refractivity contribution in [3.63, 3.8) is 0 Å². The van der Waals surface area contributed by atoms with E-state index < -0.39 is 0 Å². The molecule has 1 atom stereocenters. The van der Waals surface area contributed by atoms with Gasteiger partial charge >= 0.3 is 0 Å². The first-order chi connectivity index (χ1) is 11.6. The van der Waals surface area contributed by atoms with Crippen molar-refractivity contribution in [3.8, 4) is 6.07 Å². The predicted molar refractivity (Wildman–Crippen MR) is 96.6 cm³/mol. The summed E-state index contributed by atoms with van der Waals surface area (Å²) in [4.78, 5) is 18.6. The van der Waals surface area contributed by atoms with Gasteiger partial charge in [0.25, 0.3) is 0 Å². The molecule has 1 aliphatic heterocycles. The lowest BCUT2D eigenvalue weighted by Gasteiger charge is -2.17. The van der Waals surface area contributed by atoms with Gasteiger partial charge in [-0.3, -0.25) is 9.69 Å². The largest absolute Gasteiger partial charge is 0.469 e. The van der Waals surface area contributed by atoms with Crippen LogP contribution in [-0.2, 0) is 9.53 Å². The van der Waals surface area contributed by atoms with Crippen molar-refractivity contribution in [2.75, 3.05) is 6.54 Å². The number of hydrogen-bond acceptors (Lipinski definition) is 5. The predicted octanol–water partition coefficient (Wildman–Crippen LogP) is 3.74. The molecule has 1 saturated heterocycles. The minimum Gasteiger partial charge on any atom is -0.469 e. The number of rotatable bonds is 7. The molecular weight excluding hydrogens is 322 g/mol. The number of aliphatic imine (C=N–C) groups is 1. The van der Waals surface area contributed by atoms with Gasteiger partial charge in [0.15, 0.2) is 5.17 Å². The van der Waals surface area contributed by atoms with Crippen LogP contribution >= 0.6 is 11.8 Å². The first kappa shape index (κ1) is 17.6. The molecule has 0 spiro atoms. The number of carbonyl (C=O) groups excluding carboxylic acids is 1. The number of nitrogens with zero attached hydrogens (tertiary/aromatic N) is 3. The molecule has 6 heteroatoms. The summed E-state index contributed by atoms with van der Waals surface area (Å²) in [7, 11) is 0. The highest BCUT2D eigenvalue weighted by Crippen LogP contribution is 2.32. The van der Waals surface area contributed by atoms with Crippen molar-refractivity contribution in [2.45, 2.75) is 11.7 Å². The van der Waals surface area contributed by atoms with Gasteiger partial charge in [-0.05, 0) is 24.6 Å². The molecule has 0 aromatic heterocycles. The Morgan fingerprint density at radius 3 is 2.96 bits per heavy atom. The highest BCUT2D eigenvalue weighted by atomic mass is 32.2. The molecule has 0 bridgehead atoms. The second-order valence-corrected chi connectivity index (χ2v) is 6.10. The molecule has 1 aromatic rings. The van der Waals surface area contributed by atoms with E-state index in [4.69, 9.17) is 10.00 Å². The molecule has 1 amide bonds. The molecule has 1 aliphatic rings. The summed E-state index contributed by atoms with van der Waals surface area (Å²) >= 11 is 1.37. The number of nitriles is 1. The zero-order chi connectivity index (χ0) is 17.5. The lowest BCUT2D eigenvalue weighted by Crippen LogP contribution is -2.33. The van der Waals surface area contributed by atoms with E-state index in [1.54, 1.807) is 30.3 Å². The van der Waals surface area contributed by atoms with Crippen molar-refractivity contribution in [2.24, 2.45) is 4.99 Å². The molecule has 24 heavy (non-hydrogen) atoms. The number of thioether (sulfide) groups is 1. The Bertz CT molecular complexity index is 749. The van der Waals surface area contributed by atoms with Crippen LogP contribution in [0.25, 0.3) is 0 Å². The van der Waals surface area contributed by atoms with Crippen molar-refractivity contribution < 1.29 is 9.53 Å². The average molecular weight is 339 g/mol. The summed E-state index contributed by atoms with van der Waals surface area (Å²) in [5.74, 6) is 0.334. The minimum atomic E-state index is -0.267. The molecule has 0 aliphatic carbocycles. The van der Waals surface area contributed by atoms with Gasteiger partial charge in [-0.15, -0.1) is 6.58 Å². The van der Waals surface area contributed by atoms with Crippen LogP contribution in [0.3, 0.4) is 0 Å². The Morgan fingerprint density at radius 2 is 2.29 bits per heavy atom. The number of benzene rings is 1. The van der Waals surface area contributed by atoms with Crippen LogP contribution in [0.15, 0.2) is 67.1 Å². The second-order valence-electron chi connectivity index (χ2n) is 4.93. The number of ether oxygens (including phenoxy) is 1. The van der Waals surface area contributed by atoms with Crippen LogP contribution in [0.4, 0.5) is 5.69 Å². The fraction of sp³-hybridized carbons (Fsp3) is 0.167. The van der Waals surface area contributed by atoms with E-state index in [0.717, 1.165) is 0 Å². The molecule has 1 heterocycles. The van der Waals surface area contributed by atoms with E-state index in [-0.39, 0.29) is 17.7 Å². The molecule has 0 radical (unpaired) electrons. The SMILES string of the molecule is C=CCC1SC(=Nc2cccc(C#N)c2)N(CC(=C)OC=C)C1=O. The van der Waals surface area contributed by atoms with Gasteiger partial charge in [-0.1, -0.05) is 37.1 Å². The van der Waals surface area contributed by atoms with Gasteiger partial charge in [0.05, 0.1) is 35.4 Å². The molecule has 122 valence electrons. The van der Waals surface area contributed by atoms with E-state index in [1.807, 2.05) is 0 Å². The molecule has 1 fully saturated rings. The zero-order valence-corrected chi connectivity index (χ0v) is 14.0. The number of amidine groups is 1. The monoisotopic (exact) mass is 339 g/mol. The van der Waals surface area contributed by atoms with Crippen molar-refractivity contribution in [1.29, 1.82) is 5.26 Å². The highest BCUT2D eigenvalue weighted by Gasteiger charge is 2.37. The third-order valence-corrected chi connectivity index (χ3v) is 4.39. The maximum absolute atomic E-state index is 12.6. The summed E-state index contributed by atoms with van der Waals surface area (Å²) in [6.45, 7) is 11.1. The summed E-state index contributed by atoms with van der Waals surface area (Å²) in [6.07, 6.45) is 3.53. The second kappa shape index (κ2) is 8.18. The Hall–Kier alpha value is -2.78. The van der Waals surface area contributed by atoms with Crippen molar-refractivity contribution in [3.05, 3.63) is 67.7 Å². The third-order valence-electron chi connectivity index (χ3n) is 3.19. The van der Waals surface area contributed by atoms with Crippen LogP contribution in [0.1, 0.15) is 12.0 Å². The summed E-state index contributed by atoms with van der Waals surface area (Å²) < 4.78 is 5.13. The number of carbonyl (C=O) groups is 1. The molecule has 0 N–H and O–H groups in total. The summed E-state index contributed by atoms with van der Waals surface area (Å²) in [6, 6.07) is 8.99. The van der Waals surface area contributed by atoms with Gasteiger partial charge in [-0.25, -0.2) is 4.99 Å². The number of hydrogen-bond donors (Lipinski definition) is 0. The smallest absolute Gasteiger partial charge is 0.242 e.